The first-order chi connectivity index (χ1) is 12.4. The zero-order valence-corrected chi connectivity index (χ0v) is 16.1. The van der Waals surface area contributed by atoms with Gasteiger partial charge in [0, 0.05) is 18.2 Å². The third kappa shape index (κ3) is 3.86. The molecular formula is C18H24N2O5S. The summed E-state index contributed by atoms with van der Waals surface area (Å²) in [6.45, 7) is 0.516. The number of methoxy groups -OCH3 is 2. The molecule has 0 spiro atoms. The molecule has 3 rings (SSSR count). The van der Waals surface area contributed by atoms with Gasteiger partial charge in [0.2, 0.25) is 10.0 Å². The minimum atomic E-state index is -3.31. The second-order valence-corrected chi connectivity index (χ2v) is 8.36. The summed E-state index contributed by atoms with van der Waals surface area (Å²) in [4.78, 5) is 0. The topological polar surface area (TPSA) is 81.9 Å². The molecule has 0 radical (unpaired) electrons. The summed E-state index contributed by atoms with van der Waals surface area (Å²) < 4.78 is 42.0. The van der Waals surface area contributed by atoms with E-state index in [1.165, 1.54) is 10.6 Å². The lowest BCUT2D eigenvalue weighted by atomic mass is 10.1. The Morgan fingerprint density at radius 2 is 1.88 bits per heavy atom. The van der Waals surface area contributed by atoms with Crippen molar-refractivity contribution >= 4 is 10.0 Å². The van der Waals surface area contributed by atoms with E-state index >= 15 is 0 Å². The molecule has 1 aliphatic rings. The van der Waals surface area contributed by atoms with Gasteiger partial charge in [-0.1, -0.05) is 18.0 Å². The van der Waals surface area contributed by atoms with Gasteiger partial charge in [0.1, 0.15) is 5.69 Å². The Bertz CT molecular complexity index is 862. The monoisotopic (exact) mass is 380 g/mol. The lowest BCUT2D eigenvalue weighted by Gasteiger charge is -2.25. The summed E-state index contributed by atoms with van der Waals surface area (Å²) in [6, 6.07) is 6.99. The van der Waals surface area contributed by atoms with Gasteiger partial charge in [0.15, 0.2) is 17.3 Å². The maximum Gasteiger partial charge on any atom is 0.211 e. The number of aromatic nitrogens is 1. The smallest absolute Gasteiger partial charge is 0.211 e. The van der Waals surface area contributed by atoms with Crippen molar-refractivity contribution in [3.63, 3.8) is 0 Å². The first-order valence-corrected chi connectivity index (χ1v) is 10.4. The second kappa shape index (κ2) is 7.67. The molecule has 2 heterocycles. The highest BCUT2D eigenvalue weighted by Crippen LogP contribution is 2.36. The van der Waals surface area contributed by atoms with Gasteiger partial charge in [0.05, 0.1) is 26.5 Å². The molecule has 0 aliphatic carbocycles. The average molecular weight is 380 g/mol. The van der Waals surface area contributed by atoms with E-state index in [4.69, 9.17) is 14.0 Å². The van der Waals surface area contributed by atoms with Crippen molar-refractivity contribution in [2.45, 2.75) is 31.7 Å². The van der Waals surface area contributed by atoms with E-state index in [9.17, 15) is 8.42 Å². The molecule has 26 heavy (non-hydrogen) atoms. The predicted octanol–water partition coefficient (Wildman–Crippen LogP) is 3.24. The van der Waals surface area contributed by atoms with Crippen molar-refractivity contribution in [3.05, 3.63) is 30.0 Å². The molecule has 0 bridgehead atoms. The van der Waals surface area contributed by atoms with Gasteiger partial charge in [-0.2, -0.15) is 4.31 Å². The Morgan fingerprint density at radius 1 is 1.12 bits per heavy atom. The fraction of sp³-hybridized carbons (Fsp3) is 0.500. The van der Waals surface area contributed by atoms with Crippen LogP contribution >= 0.6 is 0 Å². The summed E-state index contributed by atoms with van der Waals surface area (Å²) in [5.41, 5.74) is 1.43. The lowest BCUT2D eigenvalue weighted by molar-refractivity contribution is 0.310. The zero-order chi connectivity index (χ0) is 18.7. The summed E-state index contributed by atoms with van der Waals surface area (Å²) in [5.74, 6) is 1.79. The van der Waals surface area contributed by atoms with Crippen LogP contribution in [-0.4, -0.2) is 44.9 Å². The molecule has 1 fully saturated rings. The zero-order valence-electron chi connectivity index (χ0n) is 15.3. The fourth-order valence-electron chi connectivity index (χ4n) is 3.35. The molecule has 1 aromatic carbocycles. The van der Waals surface area contributed by atoms with Gasteiger partial charge in [-0.05, 0) is 31.0 Å². The molecule has 142 valence electrons. The number of sulfonamides is 1. The van der Waals surface area contributed by atoms with Crippen LogP contribution in [0.3, 0.4) is 0 Å². The van der Waals surface area contributed by atoms with Gasteiger partial charge in [-0.3, -0.25) is 0 Å². The molecule has 1 aromatic heterocycles. The van der Waals surface area contributed by atoms with E-state index < -0.39 is 10.0 Å². The van der Waals surface area contributed by atoms with E-state index in [1.54, 1.807) is 20.3 Å². The van der Waals surface area contributed by atoms with Crippen LogP contribution in [0.2, 0.25) is 0 Å². The van der Waals surface area contributed by atoms with Crippen molar-refractivity contribution < 1.29 is 22.4 Å². The Balaban J connectivity index is 1.93. The normalized spacial score (nSPS) is 19.1. The number of benzene rings is 1. The van der Waals surface area contributed by atoms with E-state index in [-0.39, 0.29) is 6.04 Å². The van der Waals surface area contributed by atoms with E-state index in [2.05, 4.69) is 5.16 Å². The van der Waals surface area contributed by atoms with Crippen LogP contribution in [0.5, 0.6) is 11.5 Å². The fourth-order valence-corrected chi connectivity index (χ4v) is 4.48. The Hall–Kier alpha value is -2.06. The third-order valence-corrected chi connectivity index (χ3v) is 5.96. The molecule has 8 heteroatoms. The Kier molecular flexibility index (Phi) is 5.52. The first-order valence-electron chi connectivity index (χ1n) is 8.60. The van der Waals surface area contributed by atoms with Gasteiger partial charge in [0.25, 0.3) is 0 Å². The van der Waals surface area contributed by atoms with Crippen LogP contribution in [0.15, 0.2) is 28.8 Å². The van der Waals surface area contributed by atoms with Crippen LogP contribution in [0, 0.1) is 0 Å². The van der Waals surface area contributed by atoms with Crippen molar-refractivity contribution in [2.24, 2.45) is 0 Å². The first kappa shape index (κ1) is 18.7. The van der Waals surface area contributed by atoms with Crippen LogP contribution in [0.4, 0.5) is 0 Å². The second-order valence-electron chi connectivity index (χ2n) is 6.42. The molecule has 2 aromatic rings. The minimum Gasteiger partial charge on any atom is -0.493 e. The molecule has 0 saturated carbocycles. The largest absolute Gasteiger partial charge is 0.493 e. The van der Waals surface area contributed by atoms with Gasteiger partial charge >= 0.3 is 0 Å². The summed E-state index contributed by atoms with van der Waals surface area (Å²) in [7, 11) is -0.155. The highest BCUT2D eigenvalue weighted by molar-refractivity contribution is 7.88. The van der Waals surface area contributed by atoms with Crippen molar-refractivity contribution in [1.82, 2.24) is 9.46 Å². The van der Waals surface area contributed by atoms with Crippen molar-refractivity contribution in [1.29, 1.82) is 0 Å². The van der Waals surface area contributed by atoms with Crippen molar-refractivity contribution in [2.75, 3.05) is 27.0 Å². The number of nitrogens with zero attached hydrogens (tertiary/aromatic N) is 2. The number of ether oxygens (including phenoxy) is 2. The van der Waals surface area contributed by atoms with Gasteiger partial charge in [-0.25, -0.2) is 8.42 Å². The van der Waals surface area contributed by atoms with Crippen LogP contribution < -0.4 is 9.47 Å². The molecule has 1 atom stereocenters. The summed E-state index contributed by atoms with van der Waals surface area (Å²) in [6.07, 6.45) is 4.84. The third-order valence-electron chi connectivity index (χ3n) is 4.67. The number of hydrogen-bond donors (Lipinski definition) is 0. The van der Waals surface area contributed by atoms with Crippen LogP contribution in [0.25, 0.3) is 11.3 Å². The molecule has 1 aliphatic heterocycles. The molecule has 0 N–H and O–H groups in total. The van der Waals surface area contributed by atoms with Crippen LogP contribution in [0.1, 0.15) is 37.4 Å². The average Bonchev–Trinajstić information content (AvgIpc) is 2.97. The lowest BCUT2D eigenvalue weighted by Crippen LogP contribution is -2.34. The molecule has 1 saturated heterocycles. The molecular weight excluding hydrogens is 356 g/mol. The van der Waals surface area contributed by atoms with Crippen LogP contribution in [-0.2, 0) is 10.0 Å². The maximum absolute atomic E-state index is 12.2. The summed E-state index contributed by atoms with van der Waals surface area (Å²) >= 11 is 0. The van der Waals surface area contributed by atoms with Gasteiger partial charge in [-0.15, -0.1) is 0 Å². The highest BCUT2D eigenvalue weighted by Gasteiger charge is 2.31. The Morgan fingerprint density at radius 3 is 2.58 bits per heavy atom. The van der Waals surface area contributed by atoms with E-state index in [0.717, 1.165) is 31.2 Å². The summed E-state index contributed by atoms with van der Waals surface area (Å²) in [5, 5.41) is 4.17. The maximum atomic E-state index is 12.2. The molecule has 0 unspecified atom stereocenters. The molecule has 7 nitrogen and oxygen atoms in total. The molecule has 0 amide bonds. The standard InChI is InChI=1S/C18H24N2O5S/c1-23-16-9-8-13(11-18(16)24-2)17-12-14(19-25-17)15-7-5-4-6-10-20(15)26(3,21)22/h8-9,11-12,15H,4-7,10H2,1-3H3/t15-/m1/s1. The highest BCUT2D eigenvalue weighted by atomic mass is 32.2. The predicted molar refractivity (Wildman–Crippen MR) is 97.8 cm³/mol. The van der Waals surface area contributed by atoms with E-state index in [0.29, 0.717) is 29.5 Å². The minimum absolute atomic E-state index is 0.287. The SMILES string of the molecule is COc1ccc(-c2cc([C@H]3CCCCCN3S(C)(=O)=O)no2)cc1OC. The van der Waals surface area contributed by atoms with Gasteiger partial charge < -0.3 is 14.0 Å². The number of hydrogen-bond acceptors (Lipinski definition) is 6. The quantitative estimate of drug-likeness (QED) is 0.792. The van der Waals surface area contributed by atoms with E-state index in [1.807, 2.05) is 18.2 Å². The van der Waals surface area contributed by atoms with Crippen molar-refractivity contribution in [3.8, 4) is 22.8 Å². The Labute approximate surface area is 153 Å². The number of rotatable bonds is 5.